The van der Waals surface area contributed by atoms with E-state index in [1.54, 1.807) is 0 Å². The van der Waals surface area contributed by atoms with E-state index in [9.17, 15) is 19.2 Å². The predicted octanol–water partition coefficient (Wildman–Crippen LogP) is 4.48. The fourth-order valence-corrected chi connectivity index (χ4v) is 4.09. The van der Waals surface area contributed by atoms with Gasteiger partial charge in [-0.3, -0.25) is 4.99 Å². The van der Waals surface area contributed by atoms with E-state index in [0.717, 1.165) is 42.4 Å². The molecule has 2 aromatic carbocycles. The first-order valence-electron chi connectivity index (χ1n) is 12.8. The highest BCUT2D eigenvalue weighted by Crippen LogP contribution is 2.39. The van der Waals surface area contributed by atoms with Crippen LogP contribution in [0.4, 0.5) is 5.69 Å². The van der Waals surface area contributed by atoms with E-state index < -0.39 is 23.9 Å². The van der Waals surface area contributed by atoms with Gasteiger partial charge >= 0.3 is 23.9 Å². The van der Waals surface area contributed by atoms with Crippen molar-refractivity contribution in [3.05, 3.63) is 65.2 Å². The van der Waals surface area contributed by atoms with Crippen LogP contribution in [0.15, 0.2) is 59.6 Å². The molecule has 1 unspecified atom stereocenters. The largest absolute Gasteiger partial charge is 0.478 e. The summed E-state index contributed by atoms with van der Waals surface area (Å²) in [6.45, 7) is 11.0. The molecule has 0 bridgehead atoms. The molecule has 0 saturated heterocycles. The first-order chi connectivity index (χ1) is 19.3. The number of carbonyl (C=O) groups is 4. The molecule has 1 heterocycles. The Morgan fingerprint density at radius 3 is 1.88 bits per heavy atom. The van der Waals surface area contributed by atoms with Crippen molar-refractivity contribution < 1.29 is 39.6 Å². The normalized spacial score (nSPS) is 13.7. The Balaban J connectivity index is 0.000000433. The number of aliphatic carboxylic acids is 4. The summed E-state index contributed by atoms with van der Waals surface area (Å²) in [7, 11) is 2.10. The van der Waals surface area contributed by atoms with E-state index in [4.69, 9.17) is 37.0 Å². The Morgan fingerprint density at radius 2 is 1.41 bits per heavy atom. The number of amidine groups is 1. The number of hydrogen-bond donors (Lipinski definition) is 4. The third-order valence-electron chi connectivity index (χ3n) is 6.01. The van der Waals surface area contributed by atoms with Crippen LogP contribution in [0.5, 0.6) is 0 Å². The quantitative estimate of drug-likeness (QED) is 0.274. The minimum Gasteiger partial charge on any atom is -0.478 e. The molecule has 0 radical (unpaired) electrons. The average Bonchev–Trinajstić information content (AvgIpc) is 3.19. The maximum Gasteiger partial charge on any atom is 0.328 e. The van der Waals surface area contributed by atoms with Crippen molar-refractivity contribution in [1.82, 2.24) is 4.90 Å². The maximum atomic E-state index is 9.55. The van der Waals surface area contributed by atoms with Gasteiger partial charge in [0.05, 0.1) is 5.69 Å². The number of carboxylic acids is 4. The highest BCUT2D eigenvalue weighted by Gasteiger charge is 2.25. The molecule has 11 nitrogen and oxygen atoms in total. The Kier molecular flexibility index (Phi) is 14.8. The van der Waals surface area contributed by atoms with Gasteiger partial charge in [-0.05, 0) is 44.1 Å². The van der Waals surface area contributed by atoms with E-state index in [1.165, 1.54) is 23.1 Å². The van der Waals surface area contributed by atoms with E-state index in [1.807, 2.05) is 6.07 Å². The number of hydrogen-bond acceptors (Lipinski definition) is 6. The van der Waals surface area contributed by atoms with Crippen molar-refractivity contribution in [2.24, 2.45) is 10.9 Å². The van der Waals surface area contributed by atoms with Crippen LogP contribution in [-0.4, -0.2) is 88.3 Å². The SMILES string of the molecule is CCN(CC)CCC(C)CN=C1c2cccc3c(Cl)ccc(c23)N1C.O=C(O)C=CC(=O)O.O=C(O)C=CC(=O)O. The van der Waals surface area contributed by atoms with Crippen molar-refractivity contribution in [2.45, 2.75) is 27.2 Å². The zero-order valence-corrected chi connectivity index (χ0v) is 24.2. The smallest absolute Gasteiger partial charge is 0.328 e. The first kappa shape index (κ1) is 34.8. The fraction of sp³-hybridized carbons (Fsp3) is 0.345. The van der Waals surface area contributed by atoms with Gasteiger partial charge < -0.3 is 30.2 Å². The molecule has 1 atom stereocenters. The number of halogens is 1. The Hall–Kier alpha value is -4.22. The highest BCUT2D eigenvalue weighted by molar-refractivity contribution is 6.38. The number of nitrogens with zero attached hydrogens (tertiary/aromatic N) is 3. The molecule has 1 aliphatic rings. The predicted molar refractivity (Wildman–Crippen MR) is 159 cm³/mol. The molecule has 41 heavy (non-hydrogen) atoms. The summed E-state index contributed by atoms with van der Waals surface area (Å²) in [5.41, 5.74) is 2.40. The monoisotopic (exact) mass is 589 g/mol. The van der Waals surface area contributed by atoms with Crippen LogP contribution in [0.2, 0.25) is 5.02 Å². The lowest BCUT2D eigenvalue weighted by Crippen LogP contribution is -2.26. The van der Waals surface area contributed by atoms with Gasteiger partial charge in [0.2, 0.25) is 0 Å². The molecule has 0 fully saturated rings. The van der Waals surface area contributed by atoms with Gasteiger partial charge in [-0.15, -0.1) is 0 Å². The third kappa shape index (κ3) is 11.8. The van der Waals surface area contributed by atoms with Crippen LogP contribution in [0.3, 0.4) is 0 Å². The summed E-state index contributed by atoms with van der Waals surface area (Å²) >= 11 is 6.39. The van der Waals surface area contributed by atoms with Crippen molar-refractivity contribution in [3.8, 4) is 0 Å². The molecular weight excluding hydrogens is 554 g/mol. The number of anilines is 1. The van der Waals surface area contributed by atoms with Crippen LogP contribution in [0.25, 0.3) is 10.8 Å². The molecule has 0 saturated carbocycles. The number of carboxylic acid groups (broad SMARTS) is 4. The van der Waals surface area contributed by atoms with Crippen molar-refractivity contribution in [2.75, 3.05) is 38.1 Å². The van der Waals surface area contributed by atoms with Crippen molar-refractivity contribution >= 4 is 57.8 Å². The first-order valence-corrected chi connectivity index (χ1v) is 13.2. The van der Waals surface area contributed by atoms with Crippen LogP contribution in [-0.2, 0) is 19.2 Å². The minimum atomic E-state index is -1.26. The lowest BCUT2D eigenvalue weighted by molar-refractivity contribution is -0.134. The van der Waals surface area contributed by atoms with Crippen LogP contribution in [0, 0.1) is 5.92 Å². The minimum absolute atomic E-state index is 0.558. The van der Waals surface area contributed by atoms with Crippen LogP contribution in [0.1, 0.15) is 32.8 Å². The Labute approximate surface area is 243 Å². The molecular formula is C29H36ClN3O8. The van der Waals surface area contributed by atoms with Gasteiger partial charge in [-0.1, -0.05) is 50.6 Å². The van der Waals surface area contributed by atoms with Gasteiger partial charge in [0.1, 0.15) is 5.84 Å². The molecule has 222 valence electrons. The molecule has 0 spiro atoms. The lowest BCUT2D eigenvalue weighted by atomic mass is 10.1. The Bertz CT molecular complexity index is 1250. The summed E-state index contributed by atoms with van der Waals surface area (Å²) in [6, 6.07) is 10.4. The van der Waals surface area contributed by atoms with E-state index >= 15 is 0 Å². The zero-order valence-electron chi connectivity index (χ0n) is 23.5. The van der Waals surface area contributed by atoms with Crippen LogP contribution < -0.4 is 4.90 Å². The van der Waals surface area contributed by atoms with Crippen molar-refractivity contribution in [3.63, 3.8) is 0 Å². The molecule has 2 aromatic rings. The van der Waals surface area contributed by atoms with E-state index in [0.29, 0.717) is 30.2 Å². The number of aliphatic imine (C=N–C) groups is 1. The summed E-state index contributed by atoms with van der Waals surface area (Å²) in [4.78, 5) is 47.9. The second-order valence-corrected chi connectivity index (χ2v) is 9.37. The van der Waals surface area contributed by atoms with Crippen LogP contribution >= 0.6 is 11.6 Å². The molecule has 3 rings (SSSR count). The maximum absolute atomic E-state index is 9.55. The third-order valence-corrected chi connectivity index (χ3v) is 6.34. The summed E-state index contributed by atoms with van der Waals surface area (Å²) in [6.07, 6.45) is 3.42. The van der Waals surface area contributed by atoms with E-state index in [2.05, 4.69) is 61.9 Å². The van der Waals surface area contributed by atoms with Gasteiger partial charge in [-0.25, -0.2) is 19.2 Å². The molecule has 0 amide bonds. The second kappa shape index (κ2) is 17.5. The summed E-state index contributed by atoms with van der Waals surface area (Å²) < 4.78 is 0. The highest BCUT2D eigenvalue weighted by atomic mass is 35.5. The topological polar surface area (TPSA) is 168 Å². The van der Waals surface area contributed by atoms with Gasteiger partial charge in [-0.2, -0.15) is 0 Å². The van der Waals surface area contributed by atoms with Gasteiger partial charge in [0.25, 0.3) is 0 Å². The standard InChI is InChI=1S/C21H28ClN3.2C4H4O4/c1-5-25(6-2)13-12-15(3)14-23-21-17-9-7-8-16-18(22)10-11-19(20(16)17)24(21)4;2*5-3(6)1-2-4(7)8/h7-11,15H,5-6,12-14H2,1-4H3;2*1-2H,(H,5,6)(H,7,8). The van der Waals surface area contributed by atoms with Gasteiger partial charge in [0.15, 0.2) is 0 Å². The lowest BCUT2D eigenvalue weighted by Gasteiger charge is -2.20. The average molecular weight is 590 g/mol. The fourth-order valence-electron chi connectivity index (χ4n) is 3.87. The van der Waals surface area contributed by atoms with Gasteiger partial charge in [0, 0.05) is 59.3 Å². The molecule has 4 N–H and O–H groups in total. The Morgan fingerprint density at radius 1 is 0.902 bits per heavy atom. The number of rotatable bonds is 11. The number of benzene rings is 2. The molecule has 0 aliphatic carbocycles. The molecule has 0 aromatic heterocycles. The molecule has 1 aliphatic heterocycles. The molecule has 12 heteroatoms. The summed E-state index contributed by atoms with van der Waals surface area (Å²) in [5.74, 6) is -3.38. The van der Waals surface area contributed by atoms with E-state index in [-0.39, 0.29) is 0 Å². The van der Waals surface area contributed by atoms with Crippen molar-refractivity contribution in [1.29, 1.82) is 0 Å². The second-order valence-electron chi connectivity index (χ2n) is 8.96. The summed E-state index contributed by atoms with van der Waals surface area (Å²) in [5, 5.41) is 34.4. The zero-order chi connectivity index (χ0) is 31.1.